The van der Waals surface area contributed by atoms with Crippen molar-refractivity contribution in [1.29, 1.82) is 0 Å². The molecule has 0 unspecified atom stereocenters. The number of carbonyl (C=O) groups excluding carboxylic acids is 1. The summed E-state index contributed by atoms with van der Waals surface area (Å²) in [5.41, 5.74) is -0.151. The maximum absolute atomic E-state index is 12.0. The van der Waals surface area contributed by atoms with Crippen LogP contribution in [0.1, 0.15) is 26.2 Å². The van der Waals surface area contributed by atoms with Crippen LogP contribution in [-0.2, 0) is 4.74 Å². The van der Waals surface area contributed by atoms with E-state index < -0.39 is 0 Å². The van der Waals surface area contributed by atoms with Crippen molar-refractivity contribution in [3.8, 4) is 0 Å². The first-order valence-corrected chi connectivity index (χ1v) is 6.40. The van der Waals surface area contributed by atoms with E-state index in [2.05, 4.69) is 5.32 Å². The summed E-state index contributed by atoms with van der Waals surface area (Å²) in [5, 5.41) is 12.5. The number of aliphatic hydroxyl groups excluding tert-OH is 1. The molecule has 0 aromatic rings. The fourth-order valence-electron chi connectivity index (χ4n) is 2.68. The van der Waals surface area contributed by atoms with Crippen molar-refractivity contribution in [3.63, 3.8) is 0 Å². The van der Waals surface area contributed by atoms with E-state index in [-0.39, 0.29) is 24.1 Å². The first kappa shape index (κ1) is 12.6. The summed E-state index contributed by atoms with van der Waals surface area (Å²) < 4.78 is 5.22. The van der Waals surface area contributed by atoms with Gasteiger partial charge >= 0.3 is 6.03 Å². The minimum atomic E-state index is -0.151. The molecule has 0 aromatic carbocycles. The lowest BCUT2D eigenvalue weighted by Crippen LogP contribution is -2.52. The fourth-order valence-corrected chi connectivity index (χ4v) is 2.68. The van der Waals surface area contributed by atoms with E-state index in [4.69, 9.17) is 4.74 Å². The second-order valence-electron chi connectivity index (χ2n) is 5.31. The first-order chi connectivity index (χ1) is 8.15. The number of hydrogen-bond acceptors (Lipinski definition) is 3. The lowest BCUT2D eigenvalue weighted by atomic mass is 9.86. The summed E-state index contributed by atoms with van der Waals surface area (Å²) in [6.07, 6.45) is 3.02. The first-order valence-electron chi connectivity index (χ1n) is 6.40. The molecule has 1 aliphatic carbocycles. The van der Waals surface area contributed by atoms with Crippen molar-refractivity contribution >= 4 is 6.03 Å². The van der Waals surface area contributed by atoms with Crippen LogP contribution in [0.4, 0.5) is 4.79 Å². The summed E-state index contributed by atoms with van der Waals surface area (Å²) in [4.78, 5) is 13.8. The van der Waals surface area contributed by atoms with Gasteiger partial charge in [-0.1, -0.05) is 13.3 Å². The van der Waals surface area contributed by atoms with Crippen LogP contribution in [0.2, 0.25) is 0 Å². The molecule has 2 rings (SSSR count). The number of aliphatic hydroxyl groups is 1. The molecule has 0 bridgehead atoms. The number of urea groups is 1. The molecule has 2 atom stereocenters. The zero-order valence-electron chi connectivity index (χ0n) is 10.4. The van der Waals surface area contributed by atoms with Crippen LogP contribution in [0.15, 0.2) is 0 Å². The van der Waals surface area contributed by atoms with Crippen LogP contribution in [0, 0.1) is 5.41 Å². The van der Waals surface area contributed by atoms with E-state index >= 15 is 0 Å². The molecular formula is C12H22N2O3. The topological polar surface area (TPSA) is 61.8 Å². The van der Waals surface area contributed by atoms with E-state index in [0.717, 1.165) is 19.3 Å². The Balaban J connectivity index is 1.89. The Kier molecular flexibility index (Phi) is 3.89. The molecule has 2 N–H and O–H groups in total. The highest BCUT2D eigenvalue weighted by molar-refractivity contribution is 5.74. The Morgan fingerprint density at radius 3 is 2.88 bits per heavy atom. The zero-order chi connectivity index (χ0) is 12.3. The minimum absolute atomic E-state index is 0.0140. The van der Waals surface area contributed by atoms with Gasteiger partial charge in [0.1, 0.15) is 0 Å². The predicted molar refractivity (Wildman–Crippen MR) is 63.8 cm³/mol. The van der Waals surface area contributed by atoms with Gasteiger partial charge in [-0.2, -0.15) is 0 Å². The predicted octanol–water partition coefficient (Wildman–Crippen LogP) is 0.579. The molecule has 1 heterocycles. The van der Waals surface area contributed by atoms with Crippen molar-refractivity contribution in [3.05, 3.63) is 0 Å². The van der Waals surface area contributed by atoms with Crippen LogP contribution >= 0.6 is 0 Å². The molecule has 5 heteroatoms. The average Bonchev–Trinajstić information content (AvgIpc) is 2.73. The Morgan fingerprint density at radius 1 is 1.53 bits per heavy atom. The highest BCUT2D eigenvalue weighted by Crippen LogP contribution is 2.37. The van der Waals surface area contributed by atoms with E-state index in [1.807, 2.05) is 6.92 Å². The highest BCUT2D eigenvalue weighted by atomic mass is 16.5. The van der Waals surface area contributed by atoms with Crippen molar-refractivity contribution in [1.82, 2.24) is 10.2 Å². The summed E-state index contributed by atoms with van der Waals surface area (Å²) in [7, 11) is 0. The van der Waals surface area contributed by atoms with Crippen molar-refractivity contribution in [2.24, 2.45) is 5.41 Å². The van der Waals surface area contributed by atoms with Crippen LogP contribution in [-0.4, -0.2) is 55.0 Å². The summed E-state index contributed by atoms with van der Waals surface area (Å²) in [5.74, 6) is 0. The molecule has 1 saturated carbocycles. The molecule has 0 spiro atoms. The number of nitrogens with zero attached hydrogens (tertiary/aromatic N) is 1. The third-order valence-corrected chi connectivity index (χ3v) is 4.04. The average molecular weight is 242 g/mol. The summed E-state index contributed by atoms with van der Waals surface area (Å²) >= 11 is 0. The number of nitrogens with one attached hydrogen (secondary N) is 1. The van der Waals surface area contributed by atoms with Crippen molar-refractivity contribution in [2.75, 3.05) is 32.9 Å². The molecule has 5 nitrogen and oxygen atoms in total. The second kappa shape index (κ2) is 5.23. The van der Waals surface area contributed by atoms with Crippen LogP contribution in [0.3, 0.4) is 0 Å². The third-order valence-electron chi connectivity index (χ3n) is 4.04. The third kappa shape index (κ3) is 2.72. The minimum Gasteiger partial charge on any atom is -0.396 e. The molecule has 2 amide bonds. The molecule has 0 radical (unpaired) electrons. The molecule has 17 heavy (non-hydrogen) atoms. The Hall–Kier alpha value is -0.810. The molecule has 2 aliphatic rings. The molecule has 98 valence electrons. The van der Waals surface area contributed by atoms with E-state index in [0.29, 0.717) is 26.3 Å². The monoisotopic (exact) mass is 242 g/mol. The smallest absolute Gasteiger partial charge is 0.317 e. The van der Waals surface area contributed by atoms with Gasteiger partial charge in [0, 0.05) is 24.5 Å². The van der Waals surface area contributed by atoms with Gasteiger partial charge in [0.2, 0.25) is 0 Å². The maximum Gasteiger partial charge on any atom is 0.317 e. The number of ether oxygens (including phenoxy) is 1. The Labute approximate surface area is 102 Å². The molecule has 2 fully saturated rings. The Morgan fingerprint density at radius 2 is 2.24 bits per heavy atom. The van der Waals surface area contributed by atoms with E-state index in [9.17, 15) is 9.90 Å². The summed E-state index contributed by atoms with van der Waals surface area (Å²) in [6.45, 7) is 4.75. The largest absolute Gasteiger partial charge is 0.396 e. The normalized spacial score (nSPS) is 33.8. The number of hydrogen-bond donors (Lipinski definition) is 2. The quantitative estimate of drug-likeness (QED) is 0.744. The van der Waals surface area contributed by atoms with Gasteiger partial charge in [-0.05, 0) is 12.8 Å². The molecule has 0 aromatic heterocycles. The van der Waals surface area contributed by atoms with E-state index in [1.54, 1.807) is 4.90 Å². The number of rotatable bonds is 2. The van der Waals surface area contributed by atoms with Gasteiger partial charge in [-0.3, -0.25) is 0 Å². The molecular weight excluding hydrogens is 220 g/mol. The van der Waals surface area contributed by atoms with Crippen LogP contribution in [0.25, 0.3) is 0 Å². The second-order valence-corrected chi connectivity index (χ2v) is 5.31. The van der Waals surface area contributed by atoms with Gasteiger partial charge in [0.25, 0.3) is 0 Å². The Bertz CT molecular complexity index is 279. The van der Waals surface area contributed by atoms with Crippen molar-refractivity contribution < 1.29 is 14.6 Å². The molecule has 1 saturated heterocycles. The zero-order valence-corrected chi connectivity index (χ0v) is 10.4. The standard InChI is InChI=1S/C12H22N2O3/c1-12(9-15)4-2-3-10(12)13-11(16)14-5-7-17-8-6-14/h10,15H,2-9H2,1H3,(H,13,16)/t10-,12-/m1/s1. The number of morpholine rings is 1. The van der Waals surface area contributed by atoms with Gasteiger partial charge in [-0.15, -0.1) is 0 Å². The number of amides is 2. The highest BCUT2D eigenvalue weighted by Gasteiger charge is 2.39. The van der Waals surface area contributed by atoms with Crippen LogP contribution in [0.5, 0.6) is 0 Å². The van der Waals surface area contributed by atoms with Gasteiger partial charge in [0.05, 0.1) is 19.8 Å². The molecule has 1 aliphatic heterocycles. The lowest BCUT2D eigenvalue weighted by Gasteiger charge is -2.33. The van der Waals surface area contributed by atoms with Gasteiger partial charge in [0.15, 0.2) is 0 Å². The van der Waals surface area contributed by atoms with Crippen LogP contribution < -0.4 is 5.32 Å². The van der Waals surface area contributed by atoms with Gasteiger partial charge < -0.3 is 20.1 Å². The number of carbonyl (C=O) groups is 1. The lowest BCUT2D eigenvalue weighted by molar-refractivity contribution is 0.0496. The summed E-state index contributed by atoms with van der Waals surface area (Å²) in [6, 6.07) is 0.0859. The maximum atomic E-state index is 12.0. The van der Waals surface area contributed by atoms with Crippen molar-refractivity contribution in [2.45, 2.75) is 32.2 Å². The SMILES string of the molecule is C[C@]1(CO)CCC[C@H]1NC(=O)N1CCOCC1. The fraction of sp³-hybridized carbons (Fsp3) is 0.917. The van der Waals surface area contributed by atoms with Gasteiger partial charge in [-0.25, -0.2) is 4.79 Å². The van der Waals surface area contributed by atoms with E-state index in [1.165, 1.54) is 0 Å².